The minimum atomic E-state index is 0.790. The van der Waals surface area contributed by atoms with E-state index in [1.165, 1.54) is 70.6 Å². The molecular formula is C20H35NO. The molecule has 1 aromatic rings. The lowest BCUT2D eigenvalue weighted by molar-refractivity contribution is 0.304. The molecule has 22 heavy (non-hydrogen) atoms. The molecule has 0 fully saturated rings. The lowest BCUT2D eigenvalue weighted by Gasteiger charge is -2.06. The van der Waals surface area contributed by atoms with Crippen LogP contribution in [0.4, 0.5) is 5.69 Å². The van der Waals surface area contributed by atoms with E-state index >= 15 is 0 Å². The van der Waals surface area contributed by atoms with Gasteiger partial charge in [0.15, 0.2) is 0 Å². The number of hydrogen-bond donors (Lipinski definition) is 1. The maximum atomic E-state index is 5.70. The molecule has 1 aromatic carbocycles. The first-order valence-electron chi connectivity index (χ1n) is 9.31. The molecule has 0 saturated heterocycles. The van der Waals surface area contributed by atoms with Crippen LogP contribution < -0.4 is 10.5 Å². The van der Waals surface area contributed by atoms with Gasteiger partial charge in [-0.3, -0.25) is 0 Å². The Morgan fingerprint density at radius 2 is 1.14 bits per heavy atom. The fourth-order valence-electron chi connectivity index (χ4n) is 2.70. The number of hydrogen-bond acceptors (Lipinski definition) is 2. The van der Waals surface area contributed by atoms with Crippen molar-refractivity contribution in [2.45, 2.75) is 84.0 Å². The first-order valence-corrected chi connectivity index (χ1v) is 9.31. The Morgan fingerprint density at radius 1 is 0.682 bits per heavy atom. The maximum absolute atomic E-state index is 5.70. The third-order valence-electron chi connectivity index (χ3n) is 4.15. The van der Waals surface area contributed by atoms with Crippen molar-refractivity contribution >= 4 is 5.69 Å². The molecule has 0 amide bonds. The second-order valence-corrected chi connectivity index (χ2v) is 6.31. The average Bonchev–Trinajstić information content (AvgIpc) is 2.53. The van der Waals surface area contributed by atoms with Crippen LogP contribution >= 0.6 is 0 Å². The third-order valence-corrected chi connectivity index (χ3v) is 4.15. The van der Waals surface area contributed by atoms with Crippen LogP contribution in [0.5, 0.6) is 5.75 Å². The summed E-state index contributed by atoms with van der Waals surface area (Å²) in [7, 11) is 0. The SMILES string of the molecule is CCCCCCCCCCCCCCOc1ccc(N)cc1. The molecule has 2 nitrogen and oxygen atoms in total. The zero-order chi connectivity index (χ0) is 15.9. The van der Waals surface area contributed by atoms with Crippen LogP contribution in [-0.2, 0) is 0 Å². The van der Waals surface area contributed by atoms with E-state index in [1.54, 1.807) is 0 Å². The van der Waals surface area contributed by atoms with Crippen molar-refractivity contribution in [3.8, 4) is 5.75 Å². The van der Waals surface area contributed by atoms with E-state index in [0.717, 1.165) is 24.5 Å². The van der Waals surface area contributed by atoms with Crippen LogP contribution in [0.25, 0.3) is 0 Å². The Morgan fingerprint density at radius 3 is 1.64 bits per heavy atom. The van der Waals surface area contributed by atoms with E-state index in [9.17, 15) is 0 Å². The Kier molecular flexibility index (Phi) is 11.6. The fourth-order valence-corrected chi connectivity index (χ4v) is 2.70. The van der Waals surface area contributed by atoms with Gasteiger partial charge in [0.2, 0.25) is 0 Å². The van der Waals surface area contributed by atoms with Crippen LogP contribution in [0.15, 0.2) is 24.3 Å². The Hall–Kier alpha value is -1.18. The van der Waals surface area contributed by atoms with Gasteiger partial charge in [-0.25, -0.2) is 0 Å². The highest BCUT2D eigenvalue weighted by atomic mass is 16.5. The number of nitrogens with two attached hydrogens (primary N) is 1. The average molecular weight is 306 g/mol. The van der Waals surface area contributed by atoms with Crippen LogP contribution in [-0.4, -0.2) is 6.61 Å². The lowest BCUT2D eigenvalue weighted by atomic mass is 10.1. The summed E-state index contributed by atoms with van der Waals surface area (Å²) in [6, 6.07) is 7.65. The van der Waals surface area contributed by atoms with Crippen molar-refractivity contribution in [2.75, 3.05) is 12.3 Å². The molecule has 0 aliphatic carbocycles. The number of benzene rings is 1. The first kappa shape index (κ1) is 18.9. The maximum Gasteiger partial charge on any atom is 0.119 e. The van der Waals surface area contributed by atoms with E-state index in [1.807, 2.05) is 24.3 Å². The molecule has 0 unspecified atom stereocenters. The van der Waals surface area contributed by atoms with Crippen molar-refractivity contribution in [2.24, 2.45) is 0 Å². The molecular weight excluding hydrogens is 270 g/mol. The van der Waals surface area contributed by atoms with Gasteiger partial charge < -0.3 is 10.5 Å². The first-order chi connectivity index (χ1) is 10.8. The van der Waals surface area contributed by atoms with Crippen molar-refractivity contribution in [3.63, 3.8) is 0 Å². The number of nitrogen functional groups attached to an aromatic ring is 1. The number of anilines is 1. The van der Waals surface area contributed by atoms with Crippen molar-refractivity contribution < 1.29 is 4.74 Å². The highest BCUT2D eigenvalue weighted by molar-refractivity contribution is 5.41. The van der Waals surface area contributed by atoms with E-state index < -0.39 is 0 Å². The molecule has 0 aliphatic heterocycles. The van der Waals surface area contributed by atoms with Gasteiger partial charge in [0, 0.05) is 5.69 Å². The Bertz CT molecular complexity index is 347. The summed E-state index contributed by atoms with van der Waals surface area (Å²) >= 11 is 0. The topological polar surface area (TPSA) is 35.2 Å². The quantitative estimate of drug-likeness (QED) is 0.321. The number of unbranched alkanes of at least 4 members (excludes halogenated alkanes) is 11. The summed E-state index contributed by atoms with van der Waals surface area (Å²) in [5.41, 5.74) is 6.44. The zero-order valence-corrected chi connectivity index (χ0v) is 14.5. The largest absolute Gasteiger partial charge is 0.494 e. The predicted molar refractivity (Wildman–Crippen MR) is 97.4 cm³/mol. The molecule has 0 aromatic heterocycles. The molecule has 0 saturated carbocycles. The summed E-state index contributed by atoms with van der Waals surface area (Å²) in [6.07, 6.45) is 16.5. The summed E-state index contributed by atoms with van der Waals surface area (Å²) in [5, 5.41) is 0. The van der Waals surface area contributed by atoms with Crippen molar-refractivity contribution in [1.29, 1.82) is 0 Å². The summed E-state index contributed by atoms with van der Waals surface area (Å²) in [4.78, 5) is 0. The molecule has 0 heterocycles. The molecule has 2 N–H and O–H groups in total. The fraction of sp³-hybridized carbons (Fsp3) is 0.700. The lowest BCUT2D eigenvalue weighted by Crippen LogP contribution is -1.97. The monoisotopic (exact) mass is 305 g/mol. The van der Waals surface area contributed by atoms with Gasteiger partial charge in [-0.05, 0) is 30.7 Å². The molecule has 0 aliphatic rings. The summed E-state index contributed by atoms with van der Waals surface area (Å²) < 4.78 is 5.70. The van der Waals surface area contributed by atoms with E-state index in [2.05, 4.69) is 6.92 Å². The molecule has 2 heteroatoms. The van der Waals surface area contributed by atoms with Crippen LogP contribution in [0.2, 0.25) is 0 Å². The second-order valence-electron chi connectivity index (χ2n) is 6.31. The molecule has 1 rings (SSSR count). The van der Waals surface area contributed by atoms with Gasteiger partial charge in [-0.15, -0.1) is 0 Å². The zero-order valence-electron chi connectivity index (χ0n) is 14.5. The molecule has 0 bridgehead atoms. The third kappa shape index (κ3) is 10.5. The van der Waals surface area contributed by atoms with Crippen LogP contribution in [0.1, 0.15) is 84.0 Å². The van der Waals surface area contributed by atoms with Crippen molar-refractivity contribution in [1.82, 2.24) is 0 Å². The molecule has 126 valence electrons. The van der Waals surface area contributed by atoms with Gasteiger partial charge in [-0.1, -0.05) is 77.6 Å². The summed E-state index contributed by atoms with van der Waals surface area (Å²) in [6.45, 7) is 3.10. The Labute approximate surface area is 137 Å². The highest BCUT2D eigenvalue weighted by Crippen LogP contribution is 2.14. The van der Waals surface area contributed by atoms with Crippen LogP contribution in [0.3, 0.4) is 0 Å². The van der Waals surface area contributed by atoms with E-state index in [4.69, 9.17) is 10.5 Å². The van der Waals surface area contributed by atoms with Crippen molar-refractivity contribution in [3.05, 3.63) is 24.3 Å². The van der Waals surface area contributed by atoms with Gasteiger partial charge >= 0.3 is 0 Å². The highest BCUT2D eigenvalue weighted by Gasteiger charge is 1.95. The van der Waals surface area contributed by atoms with E-state index in [0.29, 0.717) is 0 Å². The summed E-state index contributed by atoms with van der Waals surface area (Å²) in [5.74, 6) is 0.928. The molecule has 0 radical (unpaired) electrons. The van der Waals surface area contributed by atoms with Crippen LogP contribution in [0, 0.1) is 0 Å². The molecule has 0 spiro atoms. The normalized spacial score (nSPS) is 10.8. The van der Waals surface area contributed by atoms with E-state index in [-0.39, 0.29) is 0 Å². The number of rotatable bonds is 14. The smallest absolute Gasteiger partial charge is 0.119 e. The Balaban J connectivity index is 1.79. The second kappa shape index (κ2) is 13.5. The minimum Gasteiger partial charge on any atom is -0.494 e. The predicted octanol–water partition coefficient (Wildman–Crippen LogP) is 6.35. The van der Waals surface area contributed by atoms with Gasteiger partial charge in [0.1, 0.15) is 5.75 Å². The van der Waals surface area contributed by atoms with Gasteiger partial charge in [0.25, 0.3) is 0 Å². The minimum absolute atomic E-state index is 0.790. The standard InChI is InChI=1S/C20H35NO/c1-2-3-4-5-6-7-8-9-10-11-12-13-18-22-20-16-14-19(21)15-17-20/h14-17H,2-13,18,21H2,1H3. The number of ether oxygens (including phenoxy) is 1. The van der Waals surface area contributed by atoms with Gasteiger partial charge in [0.05, 0.1) is 6.61 Å². The van der Waals surface area contributed by atoms with Gasteiger partial charge in [-0.2, -0.15) is 0 Å². The molecule has 0 atom stereocenters.